The first kappa shape index (κ1) is 12.5. The summed E-state index contributed by atoms with van der Waals surface area (Å²) >= 11 is 0. The molecule has 0 fully saturated rings. The molecule has 2 aromatic heterocycles. The first-order valence-corrected chi connectivity index (χ1v) is 6.04. The molecule has 96 valence electrons. The van der Waals surface area contributed by atoms with Gasteiger partial charge >= 0.3 is 0 Å². The predicted molar refractivity (Wildman–Crippen MR) is 67.7 cm³/mol. The molecule has 0 unspecified atom stereocenters. The molecule has 0 aliphatic rings. The number of carbonyl (C=O) groups excluding carboxylic acids is 1. The zero-order valence-electron chi connectivity index (χ0n) is 10.3. The summed E-state index contributed by atoms with van der Waals surface area (Å²) in [4.78, 5) is 11.7. The van der Waals surface area contributed by atoms with Crippen molar-refractivity contribution in [2.75, 3.05) is 0 Å². The third-order valence-corrected chi connectivity index (χ3v) is 2.74. The van der Waals surface area contributed by atoms with Gasteiger partial charge in [0.1, 0.15) is 0 Å². The molecule has 2 aromatic rings. The van der Waals surface area contributed by atoms with E-state index in [-0.39, 0.29) is 5.91 Å². The van der Waals surface area contributed by atoms with E-state index in [1.807, 2.05) is 35.7 Å². The normalized spacial score (nSPS) is 12.6. The van der Waals surface area contributed by atoms with Crippen molar-refractivity contribution in [3.05, 3.63) is 30.2 Å². The number of hydrogen-bond donors (Lipinski definition) is 2. The highest BCUT2D eigenvalue weighted by Crippen LogP contribution is 2.02. The van der Waals surface area contributed by atoms with Crippen LogP contribution in [0, 0.1) is 0 Å². The number of hydrogen-bond acceptors (Lipinski definition) is 4. The molecule has 0 aliphatic carbocycles. The van der Waals surface area contributed by atoms with E-state index < -0.39 is 6.04 Å². The van der Waals surface area contributed by atoms with Gasteiger partial charge in [0, 0.05) is 6.20 Å². The molecule has 6 nitrogen and oxygen atoms in total. The lowest BCUT2D eigenvalue weighted by molar-refractivity contribution is -0.122. The van der Waals surface area contributed by atoms with Crippen LogP contribution < -0.4 is 11.1 Å². The fourth-order valence-electron chi connectivity index (χ4n) is 1.75. The van der Waals surface area contributed by atoms with E-state index in [0.29, 0.717) is 18.8 Å². The molecule has 0 aliphatic heterocycles. The number of nitrogens with zero attached hydrogens (tertiary/aromatic N) is 3. The van der Waals surface area contributed by atoms with Gasteiger partial charge in [-0.25, -0.2) is 0 Å². The van der Waals surface area contributed by atoms with Gasteiger partial charge in [-0.2, -0.15) is 0 Å². The molecule has 2 heterocycles. The smallest absolute Gasteiger partial charge is 0.237 e. The van der Waals surface area contributed by atoms with Gasteiger partial charge in [0.15, 0.2) is 11.5 Å². The highest BCUT2D eigenvalue weighted by atomic mass is 16.2. The summed E-state index contributed by atoms with van der Waals surface area (Å²) in [5, 5.41) is 10.8. The third-order valence-electron chi connectivity index (χ3n) is 2.74. The average molecular weight is 247 g/mol. The van der Waals surface area contributed by atoms with Crippen molar-refractivity contribution in [2.24, 2.45) is 5.73 Å². The Hall–Kier alpha value is -1.95. The van der Waals surface area contributed by atoms with Crippen LogP contribution in [-0.4, -0.2) is 26.5 Å². The number of amides is 1. The summed E-state index contributed by atoms with van der Waals surface area (Å²) < 4.78 is 1.84. The number of fused-ring (bicyclic) bond motifs is 1. The molecule has 0 bridgehead atoms. The lowest BCUT2D eigenvalue weighted by Crippen LogP contribution is -2.40. The summed E-state index contributed by atoms with van der Waals surface area (Å²) in [5.41, 5.74) is 6.49. The molecule has 1 amide bonds. The quantitative estimate of drug-likeness (QED) is 0.804. The van der Waals surface area contributed by atoms with Crippen LogP contribution in [0.25, 0.3) is 5.65 Å². The molecule has 0 radical (unpaired) electrons. The Kier molecular flexibility index (Phi) is 3.88. The lowest BCUT2D eigenvalue weighted by atomic mass is 10.2. The van der Waals surface area contributed by atoms with Gasteiger partial charge in [0.2, 0.25) is 5.91 Å². The van der Waals surface area contributed by atoms with Crippen LogP contribution in [0.4, 0.5) is 0 Å². The van der Waals surface area contributed by atoms with E-state index in [4.69, 9.17) is 5.73 Å². The van der Waals surface area contributed by atoms with Crippen LogP contribution in [0.1, 0.15) is 25.6 Å². The Bertz CT molecular complexity index is 536. The molecule has 0 saturated heterocycles. The number of nitrogens with two attached hydrogens (primary N) is 1. The van der Waals surface area contributed by atoms with Crippen molar-refractivity contribution in [1.82, 2.24) is 19.9 Å². The second-order valence-corrected chi connectivity index (χ2v) is 4.16. The van der Waals surface area contributed by atoms with Crippen molar-refractivity contribution in [2.45, 2.75) is 32.4 Å². The molecule has 0 aromatic carbocycles. The number of carbonyl (C=O) groups is 1. The second kappa shape index (κ2) is 5.59. The molecule has 3 N–H and O–H groups in total. The molecule has 0 saturated carbocycles. The van der Waals surface area contributed by atoms with Crippen molar-refractivity contribution in [3.63, 3.8) is 0 Å². The summed E-state index contributed by atoms with van der Waals surface area (Å²) in [5.74, 6) is 0.548. The Balaban J connectivity index is 2.00. The maximum atomic E-state index is 11.7. The molecule has 6 heteroatoms. The Morgan fingerprint density at radius 1 is 1.50 bits per heavy atom. The van der Waals surface area contributed by atoms with Crippen molar-refractivity contribution in [3.8, 4) is 0 Å². The van der Waals surface area contributed by atoms with Gasteiger partial charge in [-0.1, -0.05) is 19.4 Å². The van der Waals surface area contributed by atoms with Crippen LogP contribution >= 0.6 is 0 Å². The highest BCUT2D eigenvalue weighted by Gasteiger charge is 2.13. The summed E-state index contributed by atoms with van der Waals surface area (Å²) in [6, 6.07) is 5.20. The fourth-order valence-corrected chi connectivity index (χ4v) is 1.75. The van der Waals surface area contributed by atoms with E-state index in [1.54, 1.807) is 0 Å². The molecular weight excluding hydrogens is 230 g/mol. The largest absolute Gasteiger partial charge is 0.347 e. The zero-order valence-corrected chi connectivity index (χ0v) is 10.3. The first-order chi connectivity index (χ1) is 8.72. The number of pyridine rings is 1. The van der Waals surface area contributed by atoms with E-state index in [0.717, 1.165) is 12.1 Å². The van der Waals surface area contributed by atoms with Gasteiger partial charge in [-0.15, -0.1) is 10.2 Å². The Labute approximate surface area is 105 Å². The van der Waals surface area contributed by atoms with Gasteiger partial charge in [-0.3, -0.25) is 9.20 Å². The predicted octanol–water partition coefficient (Wildman–Crippen LogP) is 0.473. The molecule has 2 rings (SSSR count). The fraction of sp³-hybridized carbons (Fsp3) is 0.417. The van der Waals surface area contributed by atoms with Crippen molar-refractivity contribution < 1.29 is 4.79 Å². The number of aromatic nitrogens is 3. The lowest BCUT2D eigenvalue weighted by Gasteiger charge is -2.10. The minimum absolute atomic E-state index is 0.149. The van der Waals surface area contributed by atoms with Crippen LogP contribution in [0.3, 0.4) is 0 Å². The standard InChI is InChI=1S/C12H17N5O/c1-2-5-9(13)12(18)14-8-11-16-15-10-6-3-4-7-17(10)11/h3-4,6-7,9H,2,5,8,13H2,1H3,(H,14,18)/t9-/m1/s1. The summed E-state index contributed by atoms with van der Waals surface area (Å²) in [6.45, 7) is 2.33. The Morgan fingerprint density at radius 2 is 2.33 bits per heavy atom. The van der Waals surface area contributed by atoms with Crippen LogP contribution in [0.2, 0.25) is 0 Å². The van der Waals surface area contributed by atoms with Gasteiger partial charge < -0.3 is 11.1 Å². The highest BCUT2D eigenvalue weighted by molar-refractivity contribution is 5.81. The second-order valence-electron chi connectivity index (χ2n) is 4.16. The molecular formula is C12H17N5O. The molecule has 0 spiro atoms. The van der Waals surface area contributed by atoms with E-state index in [2.05, 4.69) is 15.5 Å². The minimum Gasteiger partial charge on any atom is -0.347 e. The minimum atomic E-state index is -0.450. The van der Waals surface area contributed by atoms with Crippen molar-refractivity contribution in [1.29, 1.82) is 0 Å². The van der Waals surface area contributed by atoms with E-state index in [1.165, 1.54) is 0 Å². The SMILES string of the molecule is CCC[C@@H](N)C(=O)NCc1nnc2ccccn12. The maximum Gasteiger partial charge on any atom is 0.237 e. The number of nitrogens with one attached hydrogen (secondary N) is 1. The van der Waals surface area contributed by atoms with Gasteiger partial charge in [-0.05, 0) is 18.6 Å². The van der Waals surface area contributed by atoms with Gasteiger partial charge in [0.05, 0.1) is 12.6 Å². The van der Waals surface area contributed by atoms with Gasteiger partial charge in [0.25, 0.3) is 0 Å². The topological polar surface area (TPSA) is 85.3 Å². The maximum absolute atomic E-state index is 11.7. The van der Waals surface area contributed by atoms with E-state index in [9.17, 15) is 4.79 Å². The first-order valence-electron chi connectivity index (χ1n) is 6.04. The van der Waals surface area contributed by atoms with Crippen molar-refractivity contribution >= 4 is 11.6 Å². The molecule has 18 heavy (non-hydrogen) atoms. The van der Waals surface area contributed by atoms with Crippen LogP contribution in [0.15, 0.2) is 24.4 Å². The van der Waals surface area contributed by atoms with Crippen LogP contribution in [-0.2, 0) is 11.3 Å². The summed E-state index contributed by atoms with van der Waals surface area (Å²) in [7, 11) is 0. The zero-order chi connectivity index (χ0) is 13.0. The van der Waals surface area contributed by atoms with Crippen LogP contribution in [0.5, 0.6) is 0 Å². The third kappa shape index (κ3) is 2.65. The Morgan fingerprint density at radius 3 is 3.11 bits per heavy atom. The van der Waals surface area contributed by atoms with E-state index >= 15 is 0 Å². The molecule has 1 atom stereocenters. The summed E-state index contributed by atoms with van der Waals surface area (Å²) in [6.07, 6.45) is 3.44. The number of rotatable bonds is 5. The average Bonchev–Trinajstić information content (AvgIpc) is 2.79. The monoisotopic (exact) mass is 247 g/mol.